The molecular formula is C17H20ClN3O3. The Bertz CT molecular complexity index is 755. The van der Waals surface area contributed by atoms with Gasteiger partial charge in [-0.3, -0.25) is 9.48 Å². The van der Waals surface area contributed by atoms with Gasteiger partial charge in [-0.15, -0.1) is 0 Å². The number of amides is 1. The van der Waals surface area contributed by atoms with E-state index in [9.17, 15) is 9.59 Å². The maximum atomic E-state index is 12.5. The van der Waals surface area contributed by atoms with Gasteiger partial charge in [0.15, 0.2) is 0 Å². The summed E-state index contributed by atoms with van der Waals surface area (Å²) in [6, 6.07) is 8.19. The topological polar surface area (TPSA) is 73.2 Å². The number of halogens is 1. The first-order valence-electron chi connectivity index (χ1n) is 7.52. The van der Waals surface area contributed by atoms with Crippen molar-refractivity contribution in [2.45, 2.75) is 19.9 Å². The van der Waals surface area contributed by atoms with Gasteiger partial charge in [-0.05, 0) is 18.1 Å². The summed E-state index contributed by atoms with van der Waals surface area (Å²) in [4.78, 5) is 24.3. The molecule has 2 aromatic rings. The molecule has 1 N–H and O–H groups in total. The molecule has 2 rings (SSSR count). The molecule has 0 aliphatic heterocycles. The van der Waals surface area contributed by atoms with Crippen LogP contribution in [0.2, 0.25) is 5.02 Å². The smallest absolute Gasteiger partial charge is 0.328 e. The minimum atomic E-state index is -0.721. The van der Waals surface area contributed by atoms with Gasteiger partial charge in [0.1, 0.15) is 11.7 Å². The summed E-state index contributed by atoms with van der Waals surface area (Å²) in [6.45, 7) is 3.67. The van der Waals surface area contributed by atoms with Crippen LogP contribution in [0.25, 0.3) is 11.3 Å². The molecule has 6 nitrogen and oxygen atoms in total. The normalized spacial score (nSPS) is 12.1. The third kappa shape index (κ3) is 3.76. The molecule has 7 heteroatoms. The van der Waals surface area contributed by atoms with Crippen LogP contribution in [0.1, 0.15) is 24.3 Å². The van der Waals surface area contributed by atoms with E-state index < -0.39 is 17.9 Å². The van der Waals surface area contributed by atoms with Crippen LogP contribution in [0.3, 0.4) is 0 Å². The number of rotatable bonds is 5. The van der Waals surface area contributed by atoms with Crippen molar-refractivity contribution in [3.8, 4) is 11.3 Å². The van der Waals surface area contributed by atoms with E-state index in [1.165, 1.54) is 11.8 Å². The molecule has 0 aliphatic carbocycles. The molecule has 0 radical (unpaired) electrons. The molecule has 0 aliphatic rings. The second kappa shape index (κ2) is 7.49. The lowest BCUT2D eigenvalue weighted by atomic mass is 10.0. The predicted molar refractivity (Wildman–Crippen MR) is 91.8 cm³/mol. The summed E-state index contributed by atoms with van der Waals surface area (Å²) in [5.74, 6) is -0.975. The number of aromatic nitrogens is 2. The number of nitrogens with one attached hydrogen (secondary N) is 1. The van der Waals surface area contributed by atoms with E-state index >= 15 is 0 Å². The van der Waals surface area contributed by atoms with E-state index in [4.69, 9.17) is 16.3 Å². The van der Waals surface area contributed by atoms with Crippen molar-refractivity contribution in [1.82, 2.24) is 15.1 Å². The van der Waals surface area contributed by atoms with E-state index in [1.807, 2.05) is 32.0 Å². The van der Waals surface area contributed by atoms with E-state index in [1.54, 1.807) is 19.2 Å². The van der Waals surface area contributed by atoms with Gasteiger partial charge in [-0.25, -0.2) is 4.79 Å². The highest BCUT2D eigenvalue weighted by atomic mass is 35.5. The molecule has 0 fully saturated rings. The first kappa shape index (κ1) is 18.0. The molecule has 1 aromatic carbocycles. The molecule has 1 aromatic heterocycles. The Morgan fingerprint density at radius 2 is 1.96 bits per heavy atom. The van der Waals surface area contributed by atoms with Crippen molar-refractivity contribution in [3.05, 3.63) is 41.0 Å². The third-order valence-electron chi connectivity index (χ3n) is 3.67. The molecular weight excluding hydrogens is 330 g/mol. The standard InChI is InChI=1S/C17H20ClN3O3/c1-10(2)15(17(23)24-4)19-16(22)14-9-13(20-21(14)3)11-7-5-6-8-12(11)18/h5-10,15H,1-4H3,(H,19,22). The first-order chi connectivity index (χ1) is 11.3. The number of benzene rings is 1. The summed E-state index contributed by atoms with van der Waals surface area (Å²) in [5, 5.41) is 7.58. The molecule has 24 heavy (non-hydrogen) atoms. The Kier molecular flexibility index (Phi) is 5.62. The van der Waals surface area contributed by atoms with Gasteiger partial charge >= 0.3 is 5.97 Å². The Balaban J connectivity index is 2.28. The molecule has 1 unspecified atom stereocenters. The fourth-order valence-corrected chi connectivity index (χ4v) is 2.55. The Labute approximate surface area is 145 Å². The van der Waals surface area contributed by atoms with Crippen LogP contribution < -0.4 is 5.32 Å². The number of carbonyl (C=O) groups is 2. The van der Waals surface area contributed by atoms with Crippen molar-refractivity contribution in [2.75, 3.05) is 7.11 Å². The zero-order valence-electron chi connectivity index (χ0n) is 14.0. The monoisotopic (exact) mass is 349 g/mol. The molecule has 0 saturated heterocycles. The molecule has 0 saturated carbocycles. The van der Waals surface area contributed by atoms with Crippen LogP contribution in [0.5, 0.6) is 0 Å². The second-order valence-electron chi connectivity index (χ2n) is 5.74. The van der Waals surface area contributed by atoms with Crippen molar-refractivity contribution < 1.29 is 14.3 Å². The van der Waals surface area contributed by atoms with E-state index in [-0.39, 0.29) is 5.92 Å². The molecule has 1 amide bonds. The quantitative estimate of drug-likeness (QED) is 0.842. The lowest BCUT2D eigenvalue weighted by molar-refractivity contribution is -0.144. The number of hydrogen-bond donors (Lipinski definition) is 1. The van der Waals surface area contributed by atoms with Crippen molar-refractivity contribution >= 4 is 23.5 Å². The summed E-state index contributed by atoms with van der Waals surface area (Å²) in [5.41, 5.74) is 1.66. The Hall–Kier alpha value is -2.34. The number of esters is 1. The largest absolute Gasteiger partial charge is 0.467 e. The van der Waals surface area contributed by atoms with Gasteiger partial charge in [0.05, 0.1) is 17.8 Å². The SMILES string of the molecule is COC(=O)C(NC(=O)c1cc(-c2ccccc2Cl)nn1C)C(C)C. The molecule has 128 valence electrons. The van der Waals surface area contributed by atoms with Crippen LogP contribution in [0.15, 0.2) is 30.3 Å². The van der Waals surface area contributed by atoms with Gasteiger partial charge in [0.25, 0.3) is 5.91 Å². The Morgan fingerprint density at radius 3 is 2.54 bits per heavy atom. The highest BCUT2D eigenvalue weighted by molar-refractivity contribution is 6.33. The highest BCUT2D eigenvalue weighted by Crippen LogP contribution is 2.26. The van der Waals surface area contributed by atoms with Gasteiger partial charge in [0.2, 0.25) is 0 Å². The lowest BCUT2D eigenvalue weighted by Gasteiger charge is -2.19. The third-order valence-corrected chi connectivity index (χ3v) is 4.00. The lowest BCUT2D eigenvalue weighted by Crippen LogP contribution is -2.45. The molecule has 0 bridgehead atoms. The first-order valence-corrected chi connectivity index (χ1v) is 7.90. The average molecular weight is 350 g/mol. The molecule has 1 heterocycles. The van der Waals surface area contributed by atoms with Crippen LogP contribution in [0, 0.1) is 5.92 Å². The van der Waals surface area contributed by atoms with E-state index in [2.05, 4.69) is 10.4 Å². The van der Waals surface area contributed by atoms with Gasteiger partial charge < -0.3 is 10.1 Å². The van der Waals surface area contributed by atoms with Crippen LogP contribution in [0.4, 0.5) is 0 Å². The van der Waals surface area contributed by atoms with Crippen molar-refractivity contribution in [2.24, 2.45) is 13.0 Å². The maximum Gasteiger partial charge on any atom is 0.328 e. The number of carbonyl (C=O) groups excluding carboxylic acids is 2. The Morgan fingerprint density at radius 1 is 1.29 bits per heavy atom. The van der Waals surface area contributed by atoms with Crippen LogP contribution in [-0.2, 0) is 16.6 Å². The number of nitrogens with zero attached hydrogens (tertiary/aromatic N) is 2. The maximum absolute atomic E-state index is 12.5. The second-order valence-corrected chi connectivity index (χ2v) is 6.14. The summed E-state index contributed by atoms with van der Waals surface area (Å²) >= 11 is 6.18. The molecule has 0 spiro atoms. The number of methoxy groups -OCH3 is 1. The fraction of sp³-hybridized carbons (Fsp3) is 0.353. The van der Waals surface area contributed by atoms with Gasteiger partial charge in [0, 0.05) is 12.6 Å². The average Bonchev–Trinajstić information content (AvgIpc) is 2.93. The number of hydrogen-bond acceptors (Lipinski definition) is 4. The van der Waals surface area contributed by atoms with Crippen molar-refractivity contribution in [1.29, 1.82) is 0 Å². The highest BCUT2D eigenvalue weighted by Gasteiger charge is 2.27. The zero-order chi connectivity index (χ0) is 17.9. The fourth-order valence-electron chi connectivity index (χ4n) is 2.32. The van der Waals surface area contributed by atoms with Crippen molar-refractivity contribution in [3.63, 3.8) is 0 Å². The zero-order valence-corrected chi connectivity index (χ0v) is 14.8. The molecule has 1 atom stereocenters. The number of ether oxygens (including phenoxy) is 1. The van der Waals surface area contributed by atoms with Gasteiger partial charge in [-0.1, -0.05) is 43.6 Å². The van der Waals surface area contributed by atoms with Crippen LogP contribution >= 0.6 is 11.6 Å². The van der Waals surface area contributed by atoms with Gasteiger partial charge in [-0.2, -0.15) is 5.10 Å². The number of aryl methyl sites for hydroxylation is 1. The minimum Gasteiger partial charge on any atom is -0.467 e. The predicted octanol–water partition coefficient (Wildman–Crippen LogP) is 2.67. The summed E-state index contributed by atoms with van der Waals surface area (Å²) in [6.07, 6.45) is 0. The van der Waals surface area contributed by atoms with E-state index in [0.29, 0.717) is 16.4 Å². The van der Waals surface area contributed by atoms with E-state index in [0.717, 1.165) is 5.56 Å². The minimum absolute atomic E-state index is 0.0994. The summed E-state index contributed by atoms with van der Waals surface area (Å²) < 4.78 is 6.20. The van der Waals surface area contributed by atoms with Crippen LogP contribution in [-0.4, -0.2) is 34.8 Å². The summed E-state index contributed by atoms with van der Waals surface area (Å²) in [7, 11) is 2.96.